The van der Waals surface area contributed by atoms with E-state index in [-0.39, 0.29) is 11.1 Å². The first-order valence-corrected chi connectivity index (χ1v) is 5.46. The molecule has 5 nitrogen and oxygen atoms in total. The lowest BCUT2D eigenvalue weighted by atomic mass is 10.1. The molecule has 0 heterocycles. The van der Waals surface area contributed by atoms with Crippen LogP contribution in [0, 0.1) is 0 Å². The van der Waals surface area contributed by atoms with Crippen LogP contribution in [0.5, 0.6) is 0 Å². The topological polar surface area (TPSA) is 83.8 Å². The summed E-state index contributed by atoms with van der Waals surface area (Å²) >= 11 is 0. The fourth-order valence-electron chi connectivity index (χ4n) is 0.853. The zero-order valence-corrected chi connectivity index (χ0v) is 11.8. The Morgan fingerprint density at radius 3 is 1.43 bits per heavy atom. The molecule has 2 N–H and O–H groups in total. The lowest BCUT2D eigenvalue weighted by Crippen LogP contribution is -2.01. The Morgan fingerprint density at radius 2 is 1.24 bits per heavy atom. The van der Waals surface area contributed by atoms with Gasteiger partial charge >= 0.3 is 11.9 Å². The van der Waals surface area contributed by atoms with Crippen LogP contribution in [0.2, 0.25) is 0 Å². The molecule has 0 aliphatic carbocycles. The van der Waals surface area contributed by atoms with Gasteiger partial charge in [-0.3, -0.25) is 0 Å². The van der Waals surface area contributed by atoms with Crippen LogP contribution in [-0.4, -0.2) is 22.2 Å². The van der Waals surface area contributed by atoms with E-state index in [9.17, 15) is 9.59 Å². The van der Waals surface area contributed by atoms with Crippen molar-refractivity contribution in [1.29, 1.82) is 0 Å². The molecule has 0 atom stereocenters. The maximum Gasteiger partial charge on any atom is 0.335 e. The number of benzene rings is 1. The quantitative estimate of drug-likeness (QED) is 0.647. The molecule has 0 aliphatic rings. The first-order chi connectivity index (χ1) is 10.0. The third-order valence-electron chi connectivity index (χ3n) is 1.55. The van der Waals surface area contributed by atoms with Crippen LogP contribution in [0.4, 0.5) is 0 Å². The van der Waals surface area contributed by atoms with E-state index in [0.717, 1.165) is 6.07 Å². The predicted molar refractivity (Wildman–Crippen MR) is 84.3 cm³/mol. The Hall–Kier alpha value is -3.08. The number of hydrogen-bond acceptors (Lipinski definition) is 3. The fraction of sp³-hybridized carbons (Fsp3) is 0. The number of carbonyl (C=O) groups is 2. The van der Waals surface area contributed by atoms with Crippen LogP contribution >= 0.6 is 0 Å². The number of carboxylic acid groups (broad SMARTS) is 2. The maximum absolute atomic E-state index is 10.4. The number of ether oxygens (including phenoxy) is 1. The summed E-state index contributed by atoms with van der Waals surface area (Å²) in [7, 11) is 0. The van der Waals surface area contributed by atoms with E-state index in [2.05, 4.69) is 44.2 Å². The van der Waals surface area contributed by atoms with Crippen LogP contribution in [0.15, 0.2) is 76.3 Å². The van der Waals surface area contributed by atoms with Crippen molar-refractivity contribution in [3.8, 4) is 0 Å². The SMILES string of the molecule is C=C.C=C.C=COC=C.O=C(O)c1cccc(C(=O)O)c1. The molecule has 0 unspecified atom stereocenters. The number of hydrogen-bond donors (Lipinski definition) is 2. The summed E-state index contributed by atoms with van der Waals surface area (Å²) in [4.78, 5) is 20.8. The minimum atomic E-state index is -1.13. The van der Waals surface area contributed by atoms with Crippen LogP contribution in [0.1, 0.15) is 20.7 Å². The molecule has 0 radical (unpaired) electrons. The van der Waals surface area contributed by atoms with E-state index >= 15 is 0 Å². The molecule has 0 spiro atoms. The minimum Gasteiger partial charge on any atom is -0.478 e. The van der Waals surface area contributed by atoms with Gasteiger partial charge in [0.2, 0.25) is 0 Å². The van der Waals surface area contributed by atoms with Gasteiger partial charge in [-0.2, -0.15) is 0 Å². The van der Waals surface area contributed by atoms with Gasteiger partial charge in [0, 0.05) is 0 Å². The maximum atomic E-state index is 10.4. The van der Waals surface area contributed by atoms with E-state index in [4.69, 9.17) is 10.2 Å². The lowest BCUT2D eigenvalue weighted by molar-refractivity contribution is 0.0696. The number of rotatable bonds is 4. The number of carboxylic acids is 2. The predicted octanol–water partition coefficient (Wildman–Crippen LogP) is 3.98. The molecule has 0 bridgehead atoms. The first kappa shape index (κ1) is 23.0. The van der Waals surface area contributed by atoms with Gasteiger partial charge in [0.05, 0.1) is 23.7 Å². The zero-order valence-electron chi connectivity index (χ0n) is 11.8. The Labute approximate surface area is 124 Å². The Balaban J connectivity index is -0.000000304. The molecule has 1 aromatic carbocycles. The normalized spacial score (nSPS) is 7.05. The van der Waals surface area contributed by atoms with Crippen molar-refractivity contribution in [2.24, 2.45) is 0 Å². The highest BCUT2D eigenvalue weighted by Crippen LogP contribution is 2.04. The van der Waals surface area contributed by atoms with Gasteiger partial charge < -0.3 is 14.9 Å². The molecule has 0 aliphatic heterocycles. The largest absolute Gasteiger partial charge is 0.478 e. The second-order valence-corrected chi connectivity index (χ2v) is 2.66. The molecule has 1 rings (SSSR count). The van der Waals surface area contributed by atoms with Crippen molar-refractivity contribution in [1.82, 2.24) is 0 Å². The molecule has 5 heteroatoms. The Kier molecular flexibility index (Phi) is 18.6. The first-order valence-electron chi connectivity index (χ1n) is 5.46. The molecule has 1 aromatic rings. The third-order valence-corrected chi connectivity index (χ3v) is 1.55. The average Bonchev–Trinajstić information content (AvgIpc) is 2.53. The summed E-state index contributed by atoms with van der Waals surface area (Å²) in [6.07, 6.45) is 2.62. The van der Waals surface area contributed by atoms with Gasteiger partial charge in [0.1, 0.15) is 0 Å². The highest BCUT2D eigenvalue weighted by molar-refractivity contribution is 5.93. The van der Waals surface area contributed by atoms with Gasteiger partial charge in [-0.05, 0) is 18.2 Å². The molecule has 0 saturated heterocycles. The average molecular weight is 292 g/mol. The van der Waals surface area contributed by atoms with E-state index in [1.165, 1.54) is 30.7 Å². The highest BCUT2D eigenvalue weighted by atomic mass is 16.5. The van der Waals surface area contributed by atoms with Crippen LogP contribution in [0.25, 0.3) is 0 Å². The van der Waals surface area contributed by atoms with Gasteiger partial charge in [-0.15, -0.1) is 26.3 Å². The lowest BCUT2D eigenvalue weighted by Gasteiger charge is -1.95. The highest BCUT2D eigenvalue weighted by Gasteiger charge is 2.06. The summed E-state index contributed by atoms with van der Waals surface area (Å²) in [5, 5.41) is 17.0. The molecule has 0 amide bonds. The van der Waals surface area contributed by atoms with Crippen molar-refractivity contribution < 1.29 is 24.5 Å². The number of aromatic carboxylic acids is 2. The summed E-state index contributed by atoms with van der Waals surface area (Å²) < 4.78 is 4.36. The van der Waals surface area contributed by atoms with Crippen LogP contribution < -0.4 is 0 Å². The second-order valence-electron chi connectivity index (χ2n) is 2.66. The summed E-state index contributed by atoms with van der Waals surface area (Å²) in [5.74, 6) is -2.25. The monoisotopic (exact) mass is 292 g/mol. The summed E-state index contributed by atoms with van der Waals surface area (Å²) in [6, 6.07) is 5.20. The third kappa shape index (κ3) is 13.2. The van der Waals surface area contributed by atoms with Gasteiger partial charge in [-0.1, -0.05) is 19.2 Å². The molecule has 0 aromatic heterocycles. The standard InChI is InChI=1S/C8H6O4.C4H6O.2C2H4/c9-7(10)5-2-1-3-6(4-5)8(11)12;1-3-5-4-2;2*1-2/h1-4H,(H,9,10)(H,11,12);3-4H,1-2H2;2*1-2H2. The Morgan fingerprint density at radius 1 is 0.905 bits per heavy atom. The summed E-state index contributed by atoms with van der Waals surface area (Å²) in [5.41, 5.74) is -0.0372. The molecular weight excluding hydrogens is 272 g/mol. The van der Waals surface area contributed by atoms with E-state index in [1.54, 1.807) is 0 Å². The molecule has 0 fully saturated rings. The molecule has 21 heavy (non-hydrogen) atoms. The van der Waals surface area contributed by atoms with Crippen LogP contribution in [-0.2, 0) is 4.74 Å². The minimum absolute atomic E-state index is 0.0186. The molecule has 114 valence electrons. The Bertz CT molecular complexity index is 414. The van der Waals surface area contributed by atoms with E-state index < -0.39 is 11.9 Å². The molecule has 0 saturated carbocycles. The van der Waals surface area contributed by atoms with Gasteiger partial charge in [0.15, 0.2) is 0 Å². The zero-order chi connectivity index (χ0) is 17.3. The second kappa shape index (κ2) is 16.9. The molecular formula is C16H20O5. The van der Waals surface area contributed by atoms with Crippen molar-refractivity contribution in [3.05, 3.63) is 87.4 Å². The van der Waals surface area contributed by atoms with Crippen molar-refractivity contribution >= 4 is 11.9 Å². The van der Waals surface area contributed by atoms with Gasteiger partial charge in [-0.25, -0.2) is 9.59 Å². The van der Waals surface area contributed by atoms with Crippen molar-refractivity contribution in [3.63, 3.8) is 0 Å². The van der Waals surface area contributed by atoms with Crippen LogP contribution in [0.3, 0.4) is 0 Å². The smallest absolute Gasteiger partial charge is 0.335 e. The van der Waals surface area contributed by atoms with Crippen molar-refractivity contribution in [2.45, 2.75) is 0 Å². The van der Waals surface area contributed by atoms with E-state index in [1.807, 2.05) is 0 Å². The summed E-state index contributed by atoms with van der Waals surface area (Å²) in [6.45, 7) is 18.5. The van der Waals surface area contributed by atoms with Gasteiger partial charge in [0.25, 0.3) is 0 Å². The fourth-order valence-corrected chi connectivity index (χ4v) is 0.853. The van der Waals surface area contributed by atoms with Crippen molar-refractivity contribution in [2.75, 3.05) is 0 Å². The van der Waals surface area contributed by atoms with E-state index in [0.29, 0.717) is 0 Å².